The van der Waals surface area contributed by atoms with Crippen LogP contribution in [-0.2, 0) is 0 Å². The van der Waals surface area contributed by atoms with Crippen molar-refractivity contribution in [2.45, 2.75) is 19.1 Å². The monoisotopic (exact) mass is 246 g/mol. The first kappa shape index (κ1) is 13.0. The topological polar surface area (TPSA) is 93.3 Å². The van der Waals surface area contributed by atoms with Crippen LogP contribution in [-0.4, -0.2) is 40.9 Å². The highest BCUT2D eigenvalue weighted by Crippen LogP contribution is 2.19. The van der Waals surface area contributed by atoms with E-state index >= 15 is 0 Å². The van der Waals surface area contributed by atoms with E-state index in [0.29, 0.717) is 17.4 Å². The summed E-state index contributed by atoms with van der Waals surface area (Å²) >= 11 is 5.87. The first-order valence-corrected chi connectivity index (χ1v) is 5.16. The van der Waals surface area contributed by atoms with Crippen LogP contribution < -0.4 is 15.8 Å². The van der Waals surface area contributed by atoms with Gasteiger partial charge in [0.15, 0.2) is 5.82 Å². The van der Waals surface area contributed by atoms with E-state index in [1.807, 2.05) is 0 Å². The van der Waals surface area contributed by atoms with Gasteiger partial charge in [-0.25, -0.2) is 4.98 Å². The van der Waals surface area contributed by atoms with Crippen LogP contribution in [0.25, 0.3) is 0 Å². The highest BCUT2D eigenvalue weighted by molar-refractivity contribution is 6.32. The molecule has 0 aliphatic carbocycles. The number of hydrogen-bond acceptors (Lipinski definition) is 6. The number of rotatable bonds is 5. The Morgan fingerprint density at radius 1 is 1.69 bits per heavy atom. The number of aromatic nitrogens is 2. The third-order valence-corrected chi connectivity index (χ3v) is 2.31. The van der Waals surface area contributed by atoms with Crippen molar-refractivity contribution in [3.63, 3.8) is 0 Å². The number of aliphatic hydroxyl groups excluding tert-OH is 1. The zero-order valence-electron chi connectivity index (χ0n) is 9.14. The van der Waals surface area contributed by atoms with Gasteiger partial charge in [0.25, 0.3) is 0 Å². The summed E-state index contributed by atoms with van der Waals surface area (Å²) in [6, 6.07) is -0.172. The van der Waals surface area contributed by atoms with Gasteiger partial charge in [-0.1, -0.05) is 11.6 Å². The summed E-state index contributed by atoms with van der Waals surface area (Å²) in [6.07, 6.45) is 0.832. The third kappa shape index (κ3) is 3.48. The average molecular weight is 247 g/mol. The molecule has 4 N–H and O–H groups in total. The van der Waals surface area contributed by atoms with Gasteiger partial charge in [-0.15, -0.1) is 0 Å². The molecule has 0 aliphatic heterocycles. The van der Waals surface area contributed by atoms with E-state index in [9.17, 15) is 5.11 Å². The summed E-state index contributed by atoms with van der Waals surface area (Å²) in [5, 5.41) is 12.5. The lowest BCUT2D eigenvalue weighted by Crippen LogP contribution is -2.38. The van der Waals surface area contributed by atoms with Crippen molar-refractivity contribution in [2.24, 2.45) is 5.73 Å². The molecule has 0 aliphatic rings. The number of nitrogens with zero attached hydrogens (tertiary/aromatic N) is 2. The second kappa shape index (κ2) is 5.83. The van der Waals surface area contributed by atoms with E-state index < -0.39 is 12.1 Å². The van der Waals surface area contributed by atoms with Crippen LogP contribution in [0.4, 0.5) is 5.82 Å². The second-order valence-electron chi connectivity index (χ2n) is 3.34. The van der Waals surface area contributed by atoms with Gasteiger partial charge >= 0.3 is 6.01 Å². The van der Waals surface area contributed by atoms with Gasteiger partial charge in [-0.3, -0.25) is 0 Å². The Kier molecular flexibility index (Phi) is 4.72. The molecule has 16 heavy (non-hydrogen) atoms. The predicted octanol–water partition coefficient (Wildman–Crippen LogP) is 0.259. The molecule has 0 spiro atoms. The van der Waals surface area contributed by atoms with Crippen molar-refractivity contribution < 1.29 is 9.84 Å². The molecule has 0 radical (unpaired) electrons. The first-order valence-electron chi connectivity index (χ1n) is 4.78. The lowest BCUT2D eigenvalue weighted by atomic mass is 10.2. The van der Waals surface area contributed by atoms with Crippen molar-refractivity contribution >= 4 is 17.4 Å². The van der Waals surface area contributed by atoms with Gasteiger partial charge < -0.3 is 20.9 Å². The molecule has 2 atom stereocenters. The van der Waals surface area contributed by atoms with E-state index in [4.69, 9.17) is 22.1 Å². The van der Waals surface area contributed by atoms with Crippen LogP contribution in [0.3, 0.4) is 0 Å². The summed E-state index contributed by atoms with van der Waals surface area (Å²) < 4.78 is 4.86. The molecule has 6 nitrogen and oxygen atoms in total. The highest BCUT2D eigenvalue weighted by Gasteiger charge is 2.11. The molecular weight excluding hydrogens is 232 g/mol. The van der Waals surface area contributed by atoms with Crippen LogP contribution in [0.2, 0.25) is 5.02 Å². The normalized spacial score (nSPS) is 14.3. The Morgan fingerprint density at radius 2 is 2.38 bits per heavy atom. The molecule has 0 saturated heterocycles. The Hall–Kier alpha value is -1.11. The molecule has 0 bridgehead atoms. The van der Waals surface area contributed by atoms with E-state index in [2.05, 4.69) is 15.3 Å². The van der Waals surface area contributed by atoms with E-state index in [0.717, 1.165) is 0 Å². The van der Waals surface area contributed by atoms with E-state index in [1.165, 1.54) is 13.3 Å². The van der Waals surface area contributed by atoms with Gasteiger partial charge in [0.05, 0.1) is 19.4 Å². The fourth-order valence-corrected chi connectivity index (χ4v) is 1.12. The van der Waals surface area contributed by atoms with Crippen LogP contribution >= 0.6 is 11.6 Å². The largest absolute Gasteiger partial charge is 0.467 e. The smallest absolute Gasteiger partial charge is 0.318 e. The number of aliphatic hydroxyl groups is 1. The maximum absolute atomic E-state index is 9.21. The minimum Gasteiger partial charge on any atom is -0.467 e. The van der Waals surface area contributed by atoms with Gasteiger partial charge in [0.2, 0.25) is 0 Å². The maximum Gasteiger partial charge on any atom is 0.318 e. The third-order valence-electron chi connectivity index (χ3n) is 2.03. The number of methoxy groups -OCH3 is 1. The lowest BCUT2D eigenvalue weighted by molar-refractivity contribution is 0.168. The van der Waals surface area contributed by atoms with Crippen molar-refractivity contribution in [1.29, 1.82) is 0 Å². The number of ether oxygens (including phenoxy) is 1. The van der Waals surface area contributed by atoms with Gasteiger partial charge in [-0.05, 0) is 6.92 Å². The van der Waals surface area contributed by atoms with Gasteiger partial charge in [0, 0.05) is 12.6 Å². The summed E-state index contributed by atoms with van der Waals surface area (Å²) in [5.41, 5.74) is 5.65. The zero-order chi connectivity index (χ0) is 12.1. The minimum absolute atomic E-state index is 0.220. The van der Waals surface area contributed by atoms with Crippen LogP contribution in [0.1, 0.15) is 6.92 Å². The summed E-state index contributed by atoms with van der Waals surface area (Å²) in [5.74, 6) is 0.435. The Bertz CT molecular complexity index is 348. The molecule has 0 aromatic carbocycles. The number of nitrogens with two attached hydrogens (primary N) is 1. The van der Waals surface area contributed by atoms with Crippen molar-refractivity contribution in [1.82, 2.24) is 9.97 Å². The molecular formula is C9H15ClN4O2. The van der Waals surface area contributed by atoms with Crippen molar-refractivity contribution in [3.05, 3.63) is 11.2 Å². The molecule has 1 heterocycles. The standard InChI is InChI=1S/C9H15ClN4O2/c1-5(15)7(11)4-12-8-6(10)3-13-9(14-8)16-2/h3,5,7,15H,4,11H2,1-2H3,(H,12,13,14). The summed E-state index contributed by atoms with van der Waals surface area (Å²) in [7, 11) is 1.47. The quantitative estimate of drug-likeness (QED) is 0.690. The molecule has 1 rings (SSSR count). The fourth-order valence-electron chi connectivity index (χ4n) is 0.958. The number of hydrogen-bond donors (Lipinski definition) is 3. The van der Waals surface area contributed by atoms with Crippen LogP contribution in [0.15, 0.2) is 6.20 Å². The SMILES string of the molecule is COc1ncc(Cl)c(NCC(N)C(C)O)n1. The van der Waals surface area contributed by atoms with E-state index in [-0.39, 0.29) is 6.01 Å². The first-order chi connectivity index (χ1) is 7.54. The number of nitrogens with one attached hydrogen (secondary N) is 1. The molecule has 0 fully saturated rings. The molecule has 0 saturated carbocycles. The molecule has 90 valence electrons. The van der Waals surface area contributed by atoms with Gasteiger partial charge in [-0.2, -0.15) is 4.98 Å². The predicted molar refractivity (Wildman–Crippen MR) is 61.7 cm³/mol. The number of halogens is 1. The number of anilines is 1. The average Bonchev–Trinajstić information content (AvgIpc) is 2.27. The summed E-state index contributed by atoms with van der Waals surface area (Å²) in [6.45, 7) is 1.98. The summed E-state index contributed by atoms with van der Waals surface area (Å²) in [4.78, 5) is 7.84. The highest BCUT2D eigenvalue weighted by atomic mass is 35.5. The molecule has 7 heteroatoms. The Labute approximate surface area is 98.8 Å². The van der Waals surface area contributed by atoms with E-state index in [1.54, 1.807) is 6.92 Å². The minimum atomic E-state index is -0.602. The van der Waals surface area contributed by atoms with Crippen LogP contribution in [0.5, 0.6) is 6.01 Å². The van der Waals surface area contributed by atoms with Crippen molar-refractivity contribution in [3.8, 4) is 6.01 Å². The second-order valence-corrected chi connectivity index (χ2v) is 3.75. The Balaban J connectivity index is 2.65. The van der Waals surface area contributed by atoms with Crippen LogP contribution in [0, 0.1) is 0 Å². The molecule has 1 aromatic heterocycles. The lowest BCUT2D eigenvalue weighted by Gasteiger charge is -2.16. The maximum atomic E-state index is 9.21. The fraction of sp³-hybridized carbons (Fsp3) is 0.556. The molecule has 0 amide bonds. The van der Waals surface area contributed by atoms with Gasteiger partial charge in [0.1, 0.15) is 5.02 Å². The zero-order valence-corrected chi connectivity index (χ0v) is 9.90. The molecule has 2 unspecified atom stereocenters. The van der Waals surface area contributed by atoms with Crippen molar-refractivity contribution in [2.75, 3.05) is 19.0 Å². The molecule has 1 aromatic rings. The Morgan fingerprint density at radius 3 is 2.94 bits per heavy atom.